The number of pyridine rings is 2. The zero-order valence-corrected chi connectivity index (χ0v) is 29.0. The van der Waals surface area contributed by atoms with Crippen LogP contribution in [0.2, 0.25) is 5.02 Å². The van der Waals surface area contributed by atoms with Gasteiger partial charge in [0.15, 0.2) is 5.65 Å². The monoisotopic (exact) mass is 671 g/mol. The fraction of sp³-hybridized carbons (Fsp3) is 0.405. The van der Waals surface area contributed by atoms with E-state index in [1.54, 1.807) is 17.2 Å². The van der Waals surface area contributed by atoms with E-state index in [1.807, 2.05) is 90.6 Å². The number of amides is 2. The van der Waals surface area contributed by atoms with Gasteiger partial charge < -0.3 is 15.1 Å². The van der Waals surface area contributed by atoms with E-state index in [9.17, 15) is 14.4 Å². The molecule has 4 heterocycles. The number of fused-ring (bicyclic) bond motifs is 1. The molecule has 3 aromatic heterocycles. The number of carbonyl (C=O) groups excluding carboxylic acids is 2. The first-order chi connectivity index (χ1) is 22.1. The summed E-state index contributed by atoms with van der Waals surface area (Å²) in [6, 6.07) is 10.7. The molecule has 0 spiro atoms. The second-order valence-electron chi connectivity index (χ2n) is 13.6. The number of aryl methyl sites for hydroxylation is 1. The van der Waals surface area contributed by atoms with Crippen LogP contribution in [-0.2, 0) is 9.59 Å². The Hall–Kier alpha value is -4.57. The Labute approximate surface area is 287 Å². The van der Waals surface area contributed by atoms with Gasteiger partial charge in [0, 0.05) is 42.3 Å². The van der Waals surface area contributed by atoms with E-state index in [4.69, 9.17) is 16.6 Å². The van der Waals surface area contributed by atoms with Crippen molar-refractivity contribution in [3.8, 4) is 16.9 Å². The van der Waals surface area contributed by atoms with Crippen LogP contribution in [0, 0.1) is 12.3 Å². The van der Waals surface area contributed by atoms with Crippen molar-refractivity contribution in [2.45, 2.75) is 80.8 Å². The molecular weight excluding hydrogens is 626 g/mol. The number of halogens is 1. The third-order valence-corrected chi connectivity index (χ3v) is 8.84. The second-order valence-corrected chi connectivity index (χ2v) is 14.0. The quantitative estimate of drug-likeness (QED) is 0.216. The van der Waals surface area contributed by atoms with Gasteiger partial charge in [-0.25, -0.2) is 14.3 Å². The normalized spacial score (nSPS) is 16.5. The Balaban J connectivity index is 0.00000520. The van der Waals surface area contributed by atoms with Crippen LogP contribution in [0.1, 0.15) is 73.1 Å². The van der Waals surface area contributed by atoms with E-state index in [-0.39, 0.29) is 37.2 Å². The lowest BCUT2D eigenvalue weighted by molar-refractivity contribution is -0.128. The largest absolute Gasteiger partial charge is 0.355 e. The number of nitrogens with one attached hydrogen (secondary N) is 1. The molecule has 0 aliphatic carbocycles. The van der Waals surface area contributed by atoms with Gasteiger partial charge in [-0.1, -0.05) is 78.4 Å². The van der Waals surface area contributed by atoms with Gasteiger partial charge in [0.05, 0.1) is 33.2 Å². The van der Waals surface area contributed by atoms with Gasteiger partial charge in [-0.15, -0.1) is 0 Å². The fourth-order valence-electron chi connectivity index (χ4n) is 5.95. The smallest absolute Gasteiger partial charge is 0.349 e. The van der Waals surface area contributed by atoms with Crippen molar-refractivity contribution in [3.63, 3.8) is 0 Å². The van der Waals surface area contributed by atoms with Crippen LogP contribution in [0.3, 0.4) is 0 Å². The number of para-hydroxylation sites is 1. The van der Waals surface area contributed by atoms with E-state index in [1.165, 1.54) is 10.6 Å². The molecule has 48 heavy (non-hydrogen) atoms. The summed E-state index contributed by atoms with van der Waals surface area (Å²) in [7, 11) is 0. The summed E-state index contributed by atoms with van der Waals surface area (Å²) in [5.41, 5.74) is 2.99. The van der Waals surface area contributed by atoms with Crippen LogP contribution in [0.4, 0.5) is 11.5 Å². The first kappa shape index (κ1) is 36.3. The molecule has 0 saturated carbocycles. The Morgan fingerprint density at radius 1 is 1.08 bits per heavy atom. The molecule has 0 bridgehead atoms. The summed E-state index contributed by atoms with van der Waals surface area (Å²) in [5, 5.41) is 3.94. The molecule has 1 N–H and O–H groups in total. The van der Waals surface area contributed by atoms with Crippen LogP contribution in [0.15, 0.2) is 60.0 Å². The summed E-state index contributed by atoms with van der Waals surface area (Å²) < 4.78 is 1.53. The van der Waals surface area contributed by atoms with Gasteiger partial charge in [0.2, 0.25) is 11.8 Å². The first-order valence-corrected chi connectivity index (χ1v) is 16.2. The highest BCUT2D eigenvalue weighted by atomic mass is 35.5. The Kier molecular flexibility index (Phi) is 10.5. The number of hydrogen-bond acceptors (Lipinski definition) is 7. The minimum absolute atomic E-state index is 0. The Morgan fingerprint density at radius 3 is 2.42 bits per heavy atom. The Bertz CT molecular complexity index is 1950. The minimum atomic E-state index is -0.631. The Morgan fingerprint density at radius 2 is 1.77 bits per heavy atom. The molecule has 1 aliphatic heterocycles. The number of carbonyl (C=O) groups is 2. The molecule has 1 fully saturated rings. The summed E-state index contributed by atoms with van der Waals surface area (Å²) in [4.78, 5) is 58.2. The average Bonchev–Trinajstić information content (AvgIpc) is 3.01. The van der Waals surface area contributed by atoms with Crippen molar-refractivity contribution < 1.29 is 9.59 Å². The van der Waals surface area contributed by atoms with Gasteiger partial charge in [0.1, 0.15) is 5.82 Å². The van der Waals surface area contributed by atoms with Gasteiger partial charge in [-0.3, -0.25) is 14.6 Å². The maximum absolute atomic E-state index is 14.3. The molecule has 254 valence electrons. The molecule has 4 aromatic rings. The number of aromatic nitrogens is 4. The number of piperazine rings is 1. The molecule has 1 aromatic carbocycles. The van der Waals surface area contributed by atoms with Crippen LogP contribution >= 0.6 is 11.6 Å². The topological polar surface area (TPSA) is 113 Å². The van der Waals surface area contributed by atoms with E-state index in [0.717, 1.165) is 11.3 Å². The lowest BCUT2D eigenvalue weighted by Gasteiger charge is -2.44. The van der Waals surface area contributed by atoms with E-state index >= 15 is 0 Å². The SMILES string of the molecule is C.C=CC(=O)N1C[C@H](C)N(c2nc(=O)n(-c3c(C)ccnc3C(C)C)c3nc(-c4ccccc4NC(=O)C(C)(C)C)c(Cl)cc23)C[C@H]1C. The molecular formula is C37H46ClN7O3. The number of anilines is 2. The van der Waals surface area contributed by atoms with E-state index in [0.29, 0.717) is 57.6 Å². The van der Waals surface area contributed by atoms with E-state index < -0.39 is 11.1 Å². The number of rotatable bonds is 6. The lowest BCUT2D eigenvalue weighted by Crippen LogP contribution is -2.58. The molecule has 1 saturated heterocycles. The predicted octanol–water partition coefficient (Wildman–Crippen LogP) is 7.16. The highest BCUT2D eigenvalue weighted by molar-refractivity contribution is 6.34. The third-order valence-electron chi connectivity index (χ3n) is 8.55. The average molecular weight is 672 g/mol. The maximum Gasteiger partial charge on any atom is 0.355 e. The zero-order valence-electron chi connectivity index (χ0n) is 28.3. The molecule has 10 nitrogen and oxygen atoms in total. The highest BCUT2D eigenvalue weighted by Crippen LogP contribution is 2.38. The highest BCUT2D eigenvalue weighted by Gasteiger charge is 2.34. The van der Waals surface area contributed by atoms with Crippen molar-refractivity contribution >= 4 is 46.0 Å². The third kappa shape index (κ3) is 6.71. The molecule has 1 aliphatic rings. The number of hydrogen-bond donors (Lipinski definition) is 1. The van der Waals surface area contributed by atoms with Crippen LogP contribution in [0.5, 0.6) is 0 Å². The molecule has 5 rings (SSSR count). The van der Waals surface area contributed by atoms with Crippen molar-refractivity contribution in [2.24, 2.45) is 5.41 Å². The van der Waals surface area contributed by atoms with Crippen LogP contribution < -0.4 is 15.9 Å². The standard InChI is InChI=1S/C36H42ClN7O3.CH4/c1-10-28(45)42-18-23(6)43(19-22(42)5)32-25-17-26(37)30(24-13-11-12-14-27(24)39-34(46)36(7,8)9)40-33(25)44(35(47)41-32)31-21(4)15-16-38-29(31)20(2)3;/h10-17,20,22-23H,1,18-19H2,2-9H3,(H,39,46);1H4/t22-,23+;/m1./s1. The van der Waals surface area contributed by atoms with Crippen LogP contribution in [0.25, 0.3) is 28.0 Å². The molecule has 0 radical (unpaired) electrons. The summed E-state index contributed by atoms with van der Waals surface area (Å²) in [6.45, 7) is 20.0. The molecule has 11 heteroatoms. The van der Waals surface area contributed by atoms with Gasteiger partial charge in [-0.2, -0.15) is 4.98 Å². The first-order valence-electron chi connectivity index (χ1n) is 15.8. The van der Waals surface area contributed by atoms with Gasteiger partial charge in [-0.05, 0) is 56.5 Å². The van der Waals surface area contributed by atoms with Crippen molar-refractivity contribution in [1.29, 1.82) is 0 Å². The zero-order chi connectivity index (χ0) is 34.4. The molecule has 2 atom stereocenters. The van der Waals surface area contributed by atoms with Crippen molar-refractivity contribution in [3.05, 3.63) is 82.0 Å². The van der Waals surface area contributed by atoms with Gasteiger partial charge in [0.25, 0.3) is 0 Å². The predicted molar refractivity (Wildman–Crippen MR) is 195 cm³/mol. The molecule has 0 unspecified atom stereocenters. The van der Waals surface area contributed by atoms with Gasteiger partial charge >= 0.3 is 5.69 Å². The lowest BCUT2D eigenvalue weighted by atomic mass is 9.95. The number of benzene rings is 1. The second kappa shape index (κ2) is 13.9. The summed E-state index contributed by atoms with van der Waals surface area (Å²) in [6.07, 6.45) is 3.06. The van der Waals surface area contributed by atoms with Crippen molar-refractivity contribution in [2.75, 3.05) is 23.3 Å². The van der Waals surface area contributed by atoms with Crippen molar-refractivity contribution in [1.82, 2.24) is 24.4 Å². The number of nitrogens with zero attached hydrogens (tertiary/aromatic N) is 6. The summed E-state index contributed by atoms with van der Waals surface area (Å²) >= 11 is 7.06. The van der Waals surface area contributed by atoms with Crippen LogP contribution in [-0.4, -0.2) is 61.4 Å². The molecule has 2 amide bonds. The minimum Gasteiger partial charge on any atom is -0.349 e. The summed E-state index contributed by atoms with van der Waals surface area (Å²) in [5.74, 6) is 0.143. The van der Waals surface area contributed by atoms with E-state index in [2.05, 4.69) is 21.9 Å². The maximum atomic E-state index is 14.3. The fourth-order valence-corrected chi connectivity index (χ4v) is 6.21.